The predicted molar refractivity (Wildman–Crippen MR) is 91.6 cm³/mol. The molecule has 6 heteroatoms. The van der Waals surface area contributed by atoms with Crippen molar-refractivity contribution in [1.82, 2.24) is 0 Å². The summed E-state index contributed by atoms with van der Waals surface area (Å²) >= 11 is 1.58. The van der Waals surface area contributed by atoms with E-state index in [0.29, 0.717) is 12.4 Å². The van der Waals surface area contributed by atoms with Crippen LogP contribution < -0.4 is 5.32 Å². The number of hydrogen-bond donors (Lipinski definition) is 2. The molecule has 1 aliphatic rings. The first kappa shape index (κ1) is 17.8. The summed E-state index contributed by atoms with van der Waals surface area (Å²) in [6.07, 6.45) is 1.91. The Morgan fingerprint density at radius 3 is 2.96 bits per heavy atom. The van der Waals surface area contributed by atoms with Gasteiger partial charge in [0, 0.05) is 23.8 Å². The van der Waals surface area contributed by atoms with Crippen LogP contribution in [0.1, 0.15) is 31.7 Å². The van der Waals surface area contributed by atoms with Crippen LogP contribution in [0.25, 0.3) is 0 Å². The topological polar surface area (TPSA) is 75.6 Å². The molecule has 0 radical (unpaired) electrons. The Hall–Kier alpha value is -1.53. The average molecular weight is 337 g/mol. The number of carboxylic acid groups (broad SMARTS) is 1. The van der Waals surface area contributed by atoms with E-state index in [0.717, 1.165) is 36.5 Å². The van der Waals surface area contributed by atoms with Gasteiger partial charge in [-0.3, -0.25) is 9.59 Å². The van der Waals surface area contributed by atoms with E-state index in [9.17, 15) is 9.59 Å². The second-order valence-electron chi connectivity index (χ2n) is 6.07. The van der Waals surface area contributed by atoms with Crippen molar-refractivity contribution in [1.29, 1.82) is 0 Å². The predicted octanol–water partition coefficient (Wildman–Crippen LogP) is 3.15. The van der Waals surface area contributed by atoms with Crippen LogP contribution in [-0.2, 0) is 20.1 Å². The molecule has 0 bridgehead atoms. The summed E-state index contributed by atoms with van der Waals surface area (Å²) < 4.78 is 5.44. The minimum atomic E-state index is -0.776. The first-order valence-corrected chi connectivity index (χ1v) is 8.93. The Morgan fingerprint density at radius 2 is 2.26 bits per heavy atom. The molecule has 0 aliphatic carbocycles. The normalized spacial score (nSPS) is 20.9. The van der Waals surface area contributed by atoms with Gasteiger partial charge in [0.25, 0.3) is 0 Å². The van der Waals surface area contributed by atoms with Crippen molar-refractivity contribution in [2.45, 2.75) is 31.9 Å². The van der Waals surface area contributed by atoms with E-state index in [2.05, 4.69) is 5.32 Å². The van der Waals surface area contributed by atoms with Gasteiger partial charge in [0.15, 0.2) is 0 Å². The molecule has 1 fully saturated rings. The van der Waals surface area contributed by atoms with E-state index in [1.54, 1.807) is 11.8 Å². The fraction of sp³-hybridized carbons (Fsp3) is 0.529. The smallest absolute Gasteiger partial charge is 0.304 e. The maximum Gasteiger partial charge on any atom is 0.304 e. The number of nitrogens with one attached hydrogen (secondary N) is 1. The van der Waals surface area contributed by atoms with Gasteiger partial charge in [0.2, 0.25) is 5.91 Å². The van der Waals surface area contributed by atoms with E-state index < -0.39 is 11.4 Å². The molecule has 2 N–H and O–H groups in total. The quantitative estimate of drug-likeness (QED) is 0.748. The second-order valence-corrected chi connectivity index (χ2v) is 7.17. The monoisotopic (exact) mass is 337 g/mol. The second kappa shape index (κ2) is 8.36. The van der Waals surface area contributed by atoms with Crippen molar-refractivity contribution in [3.8, 4) is 0 Å². The highest BCUT2D eigenvalue weighted by atomic mass is 32.2. The highest BCUT2D eigenvalue weighted by molar-refractivity contribution is 7.98. The molecular weight excluding hydrogens is 314 g/mol. The lowest BCUT2D eigenvalue weighted by Gasteiger charge is -2.31. The van der Waals surface area contributed by atoms with Crippen LogP contribution in [0.4, 0.5) is 5.69 Å². The molecule has 0 aromatic heterocycles. The van der Waals surface area contributed by atoms with Crippen LogP contribution in [0.2, 0.25) is 0 Å². The lowest BCUT2D eigenvalue weighted by Crippen LogP contribution is -2.40. The SMILES string of the molecule is CC1(C(=O)Nc2cccc(CSCCC(=O)O)c2)CCCOC1. The zero-order valence-electron chi connectivity index (χ0n) is 13.3. The molecule has 126 valence electrons. The van der Waals surface area contributed by atoms with Gasteiger partial charge in [-0.2, -0.15) is 11.8 Å². The largest absolute Gasteiger partial charge is 0.481 e. The summed E-state index contributed by atoms with van der Waals surface area (Å²) in [6, 6.07) is 7.70. The average Bonchev–Trinajstić information content (AvgIpc) is 2.52. The van der Waals surface area contributed by atoms with Crippen molar-refractivity contribution < 1.29 is 19.4 Å². The molecule has 23 heavy (non-hydrogen) atoms. The molecule has 1 aromatic carbocycles. The molecule has 2 rings (SSSR count). The van der Waals surface area contributed by atoms with Crippen LogP contribution in [-0.4, -0.2) is 35.9 Å². The number of amides is 1. The van der Waals surface area contributed by atoms with Crippen LogP contribution >= 0.6 is 11.8 Å². The standard InChI is InChI=1S/C17H23NO4S/c1-17(7-3-8-22-12-17)16(21)18-14-5-2-4-13(10-14)11-23-9-6-15(19)20/h2,4-5,10H,3,6-9,11-12H2,1H3,(H,18,21)(H,19,20). The van der Waals surface area contributed by atoms with Gasteiger partial charge in [0.05, 0.1) is 18.4 Å². The number of hydrogen-bond acceptors (Lipinski definition) is 4. The highest BCUT2D eigenvalue weighted by Crippen LogP contribution is 2.29. The van der Waals surface area contributed by atoms with E-state index in [4.69, 9.17) is 9.84 Å². The van der Waals surface area contributed by atoms with Gasteiger partial charge in [0.1, 0.15) is 0 Å². The van der Waals surface area contributed by atoms with Crippen LogP contribution in [0, 0.1) is 5.41 Å². The van der Waals surface area contributed by atoms with Crippen molar-refractivity contribution >= 4 is 29.3 Å². The minimum absolute atomic E-state index is 0.00659. The molecule has 1 heterocycles. The number of aliphatic carboxylic acids is 1. The van der Waals surface area contributed by atoms with E-state index in [1.807, 2.05) is 31.2 Å². The first-order chi connectivity index (χ1) is 11.0. The molecule has 1 atom stereocenters. The molecule has 1 saturated heterocycles. The van der Waals surface area contributed by atoms with Crippen LogP contribution in [0.5, 0.6) is 0 Å². The Kier molecular flexibility index (Phi) is 6.47. The molecular formula is C17H23NO4S. The zero-order chi connectivity index (χ0) is 16.7. The minimum Gasteiger partial charge on any atom is -0.481 e. The number of anilines is 1. The summed E-state index contributed by atoms with van der Waals surface area (Å²) in [5.41, 5.74) is 1.38. The lowest BCUT2D eigenvalue weighted by molar-refractivity contribution is -0.136. The summed E-state index contributed by atoms with van der Waals surface area (Å²) in [5, 5.41) is 11.6. The van der Waals surface area contributed by atoms with Crippen molar-refractivity contribution in [3.63, 3.8) is 0 Å². The summed E-state index contributed by atoms with van der Waals surface area (Å²) in [6.45, 7) is 3.13. The highest BCUT2D eigenvalue weighted by Gasteiger charge is 2.35. The number of benzene rings is 1. The fourth-order valence-corrected chi connectivity index (χ4v) is 3.36. The molecule has 0 saturated carbocycles. The summed E-state index contributed by atoms with van der Waals surface area (Å²) in [4.78, 5) is 23.0. The van der Waals surface area contributed by atoms with Gasteiger partial charge >= 0.3 is 5.97 Å². The molecule has 1 aromatic rings. The van der Waals surface area contributed by atoms with Crippen LogP contribution in [0.3, 0.4) is 0 Å². The van der Waals surface area contributed by atoms with E-state index in [-0.39, 0.29) is 12.3 Å². The van der Waals surface area contributed by atoms with Gasteiger partial charge in [-0.1, -0.05) is 12.1 Å². The Morgan fingerprint density at radius 1 is 1.43 bits per heavy atom. The number of thioether (sulfide) groups is 1. The molecule has 1 amide bonds. The van der Waals surface area contributed by atoms with E-state index >= 15 is 0 Å². The third kappa shape index (κ3) is 5.55. The van der Waals surface area contributed by atoms with Gasteiger partial charge in [-0.05, 0) is 37.5 Å². The van der Waals surface area contributed by atoms with Crippen LogP contribution in [0.15, 0.2) is 24.3 Å². The number of carboxylic acids is 1. The maximum absolute atomic E-state index is 12.5. The Bertz CT molecular complexity index is 555. The Labute approximate surface area is 140 Å². The third-order valence-corrected chi connectivity index (χ3v) is 4.93. The molecule has 5 nitrogen and oxygen atoms in total. The van der Waals surface area contributed by atoms with E-state index in [1.165, 1.54) is 0 Å². The summed E-state index contributed by atoms with van der Waals surface area (Å²) in [5.74, 6) is 0.535. The zero-order valence-corrected chi connectivity index (χ0v) is 14.2. The van der Waals surface area contributed by atoms with Crippen molar-refractivity contribution in [2.75, 3.05) is 24.3 Å². The maximum atomic E-state index is 12.5. The molecule has 1 unspecified atom stereocenters. The number of ether oxygens (including phenoxy) is 1. The molecule has 0 spiro atoms. The summed E-state index contributed by atoms with van der Waals surface area (Å²) in [7, 11) is 0. The van der Waals surface area contributed by atoms with Gasteiger partial charge in [-0.15, -0.1) is 0 Å². The third-order valence-electron chi connectivity index (χ3n) is 3.90. The fourth-order valence-electron chi connectivity index (χ4n) is 2.48. The van der Waals surface area contributed by atoms with Crippen molar-refractivity contribution in [2.24, 2.45) is 5.41 Å². The van der Waals surface area contributed by atoms with Crippen molar-refractivity contribution in [3.05, 3.63) is 29.8 Å². The van der Waals surface area contributed by atoms with Gasteiger partial charge in [-0.25, -0.2) is 0 Å². The Balaban J connectivity index is 1.89. The lowest BCUT2D eigenvalue weighted by atomic mass is 9.84. The number of carbonyl (C=O) groups excluding carboxylic acids is 1. The molecule has 1 aliphatic heterocycles. The number of carbonyl (C=O) groups is 2. The first-order valence-electron chi connectivity index (χ1n) is 7.77. The van der Waals surface area contributed by atoms with Gasteiger partial charge < -0.3 is 15.2 Å². The number of rotatable bonds is 7.